The summed E-state index contributed by atoms with van der Waals surface area (Å²) in [6, 6.07) is 18.7. The zero-order chi connectivity index (χ0) is 17.5. The first-order chi connectivity index (χ1) is 12.2. The summed E-state index contributed by atoms with van der Waals surface area (Å²) >= 11 is 0. The number of anilines is 1. The topological polar surface area (TPSA) is 35.6 Å². The standard InChI is InChI=1S/C21H27N3O/c1-18-7-5-6-8-19(18)17-22-21(25)11-12-23-13-15-24(16-14-23)20-9-3-2-4-10-20/h2-10H,11-17H2,1H3,(H,22,25). The normalized spacial score (nSPS) is 15.2. The average Bonchev–Trinajstić information content (AvgIpc) is 2.67. The number of para-hydroxylation sites is 1. The molecule has 1 amide bonds. The molecule has 0 saturated carbocycles. The second kappa shape index (κ2) is 8.67. The molecular formula is C21H27N3O. The maximum atomic E-state index is 12.1. The molecule has 4 nitrogen and oxygen atoms in total. The Bertz CT molecular complexity index is 679. The van der Waals surface area contributed by atoms with Crippen molar-refractivity contribution in [2.24, 2.45) is 0 Å². The van der Waals surface area contributed by atoms with Crippen molar-refractivity contribution in [3.63, 3.8) is 0 Å². The molecule has 2 aromatic rings. The van der Waals surface area contributed by atoms with E-state index in [0.717, 1.165) is 32.7 Å². The van der Waals surface area contributed by atoms with E-state index < -0.39 is 0 Å². The van der Waals surface area contributed by atoms with Crippen molar-refractivity contribution in [3.05, 3.63) is 65.7 Å². The molecule has 0 bridgehead atoms. The molecule has 0 aliphatic carbocycles. The van der Waals surface area contributed by atoms with Gasteiger partial charge in [0.25, 0.3) is 0 Å². The summed E-state index contributed by atoms with van der Waals surface area (Å²) in [7, 11) is 0. The molecule has 1 saturated heterocycles. The number of nitrogens with one attached hydrogen (secondary N) is 1. The fourth-order valence-electron chi connectivity index (χ4n) is 3.22. The van der Waals surface area contributed by atoms with Crippen molar-refractivity contribution < 1.29 is 4.79 Å². The van der Waals surface area contributed by atoms with Crippen LogP contribution in [0.5, 0.6) is 0 Å². The number of hydrogen-bond donors (Lipinski definition) is 1. The third-order valence-corrected chi connectivity index (χ3v) is 4.89. The summed E-state index contributed by atoms with van der Waals surface area (Å²) in [6.45, 7) is 7.60. The quantitative estimate of drug-likeness (QED) is 0.880. The highest BCUT2D eigenvalue weighted by Gasteiger charge is 2.17. The number of nitrogens with zero attached hydrogens (tertiary/aromatic N) is 2. The van der Waals surface area contributed by atoms with Crippen molar-refractivity contribution in [3.8, 4) is 0 Å². The third-order valence-electron chi connectivity index (χ3n) is 4.89. The number of benzene rings is 2. The van der Waals surface area contributed by atoms with E-state index in [1.807, 2.05) is 12.1 Å². The first-order valence-electron chi connectivity index (χ1n) is 9.06. The van der Waals surface area contributed by atoms with E-state index >= 15 is 0 Å². The SMILES string of the molecule is Cc1ccccc1CNC(=O)CCN1CCN(c2ccccc2)CC1. The van der Waals surface area contributed by atoms with Gasteiger partial charge in [-0.1, -0.05) is 42.5 Å². The number of aryl methyl sites for hydroxylation is 1. The van der Waals surface area contributed by atoms with Crippen LogP contribution >= 0.6 is 0 Å². The predicted octanol–water partition coefficient (Wildman–Crippen LogP) is 2.82. The van der Waals surface area contributed by atoms with Gasteiger partial charge in [-0.05, 0) is 30.2 Å². The summed E-state index contributed by atoms with van der Waals surface area (Å²) in [5.74, 6) is 0.133. The van der Waals surface area contributed by atoms with Crippen molar-refractivity contribution in [1.82, 2.24) is 10.2 Å². The number of hydrogen-bond acceptors (Lipinski definition) is 3. The number of carbonyl (C=O) groups excluding carboxylic acids is 1. The van der Waals surface area contributed by atoms with Gasteiger partial charge in [-0.25, -0.2) is 0 Å². The molecule has 0 radical (unpaired) electrons. The van der Waals surface area contributed by atoms with Gasteiger partial charge < -0.3 is 10.2 Å². The minimum Gasteiger partial charge on any atom is -0.369 e. The van der Waals surface area contributed by atoms with Crippen LogP contribution in [0.4, 0.5) is 5.69 Å². The lowest BCUT2D eigenvalue weighted by Gasteiger charge is -2.36. The zero-order valence-electron chi connectivity index (χ0n) is 14.9. The van der Waals surface area contributed by atoms with Crippen molar-refractivity contribution in [1.29, 1.82) is 0 Å². The van der Waals surface area contributed by atoms with Crippen LogP contribution in [-0.4, -0.2) is 43.5 Å². The van der Waals surface area contributed by atoms with Gasteiger partial charge in [0.15, 0.2) is 0 Å². The van der Waals surface area contributed by atoms with Crippen LogP contribution in [0.25, 0.3) is 0 Å². The van der Waals surface area contributed by atoms with Gasteiger partial charge in [0.05, 0.1) is 0 Å². The first kappa shape index (κ1) is 17.5. The molecule has 132 valence electrons. The van der Waals surface area contributed by atoms with Gasteiger partial charge in [-0.2, -0.15) is 0 Å². The Morgan fingerprint density at radius 3 is 2.36 bits per heavy atom. The van der Waals surface area contributed by atoms with Crippen molar-refractivity contribution in [2.45, 2.75) is 19.9 Å². The van der Waals surface area contributed by atoms with E-state index in [-0.39, 0.29) is 5.91 Å². The lowest BCUT2D eigenvalue weighted by atomic mass is 10.1. The van der Waals surface area contributed by atoms with E-state index in [1.165, 1.54) is 16.8 Å². The smallest absolute Gasteiger partial charge is 0.221 e. The monoisotopic (exact) mass is 337 g/mol. The highest BCUT2D eigenvalue weighted by atomic mass is 16.1. The highest BCUT2D eigenvalue weighted by molar-refractivity contribution is 5.76. The van der Waals surface area contributed by atoms with Gasteiger partial charge in [-0.3, -0.25) is 9.69 Å². The van der Waals surface area contributed by atoms with E-state index in [1.54, 1.807) is 0 Å². The molecular weight excluding hydrogens is 310 g/mol. The van der Waals surface area contributed by atoms with Crippen LogP contribution < -0.4 is 10.2 Å². The number of carbonyl (C=O) groups is 1. The molecule has 3 rings (SSSR count). The third kappa shape index (κ3) is 5.07. The molecule has 0 spiro atoms. The van der Waals surface area contributed by atoms with Crippen LogP contribution in [0.1, 0.15) is 17.5 Å². The highest BCUT2D eigenvalue weighted by Crippen LogP contribution is 2.15. The predicted molar refractivity (Wildman–Crippen MR) is 103 cm³/mol. The molecule has 0 aromatic heterocycles. The van der Waals surface area contributed by atoms with Crippen LogP contribution in [0, 0.1) is 6.92 Å². The van der Waals surface area contributed by atoms with E-state index in [2.05, 4.69) is 64.5 Å². The zero-order valence-corrected chi connectivity index (χ0v) is 14.9. The molecule has 1 aliphatic rings. The average molecular weight is 337 g/mol. The molecule has 0 unspecified atom stereocenters. The lowest BCUT2D eigenvalue weighted by Crippen LogP contribution is -2.47. The van der Waals surface area contributed by atoms with E-state index in [4.69, 9.17) is 0 Å². The fourth-order valence-corrected chi connectivity index (χ4v) is 3.22. The molecule has 0 atom stereocenters. The Kier molecular flexibility index (Phi) is 6.07. The second-order valence-electron chi connectivity index (χ2n) is 6.62. The Morgan fingerprint density at radius 1 is 0.960 bits per heavy atom. The molecule has 1 heterocycles. The molecule has 25 heavy (non-hydrogen) atoms. The number of piperazine rings is 1. The summed E-state index contributed by atoms with van der Waals surface area (Å²) < 4.78 is 0. The van der Waals surface area contributed by atoms with Crippen molar-refractivity contribution >= 4 is 11.6 Å². The van der Waals surface area contributed by atoms with E-state index in [9.17, 15) is 4.79 Å². The Morgan fingerprint density at radius 2 is 1.64 bits per heavy atom. The molecule has 1 fully saturated rings. The van der Waals surface area contributed by atoms with Gasteiger partial charge in [-0.15, -0.1) is 0 Å². The second-order valence-corrected chi connectivity index (χ2v) is 6.62. The van der Waals surface area contributed by atoms with Gasteiger partial charge in [0, 0.05) is 51.4 Å². The lowest BCUT2D eigenvalue weighted by molar-refractivity contribution is -0.121. The number of rotatable bonds is 6. The minimum absolute atomic E-state index is 0.133. The van der Waals surface area contributed by atoms with Crippen LogP contribution in [0.3, 0.4) is 0 Å². The Hall–Kier alpha value is -2.33. The summed E-state index contributed by atoms with van der Waals surface area (Å²) in [5, 5.41) is 3.04. The Labute approximate surface area is 150 Å². The van der Waals surface area contributed by atoms with Gasteiger partial charge >= 0.3 is 0 Å². The maximum absolute atomic E-state index is 12.1. The van der Waals surface area contributed by atoms with E-state index in [0.29, 0.717) is 13.0 Å². The minimum atomic E-state index is 0.133. The van der Waals surface area contributed by atoms with Crippen LogP contribution in [-0.2, 0) is 11.3 Å². The van der Waals surface area contributed by atoms with Crippen LogP contribution in [0.2, 0.25) is 0 Å². The number of amides is 1. The van der Waals surface area contributed by atoms with Crippen molar-refractivity contribution in [2.75, 3.05) is 37.6 Å². The van der Waals surface area contributed by atoms with Gasteiger partial charge in [0.2, 0.25) is 5.91 Å². The molecule has 4 heteroatoms. The van der Waals surface area contributed by atoms with Crippen LogP contribution in [0.15, 0.2) is 54.6 Å². The summed E-state index contributed by atoms with van der Waals surface area (Å²) in [5.41, 5.74) is 3.70. The molecule has 2 aromatic carbocycles. The largest absolute Gasteiger partial charge is 0.369 e. The molecule has 1 aliphatic heterocycles. The van der Waals surface area contributed by atoms with Gasteiger partial charge in [0.1, 0.15) is 0 Å². The summed E-state index contributed by atoms with van der Waals surface area (Å²) in [6.07, 6.45) is 0.567. The molecule has 1 N–H and O–H groups in total. The maximum Gasteiger partial charge on any atom is 0.221 e. The fraction of sp³-hybridized carbons (Fsp3) is 0.381. The first-order valence-corrected chi connectivity index (χ1v) is 9.06. The summed E-state index contributed by atoms with van der Waals surface area (Å²) in [4.78, 5) is 16.9. The Balaban J connectivity index is 1.37.